The minimum Gasteiger partial charge on any atom is -0.355 e. The van der Waals surface area contributed by atoms with Crippen molar-refractivity contribution in [1.29, 1.82) is 0 Å². The molecule has 0 spiro atoms. The molecule has 0 radical (unpaired) electrons. The van der Waals surface area contributed by atoms with E-state index in [0.29, 0.717) is 6.54 Å². The summed E-state index contributed by atoms with van der Waals surface area (Å²) < 4.78 is 26.0. The molecule has 1 aromatic rings. The highest BCUT2D eigenvalue weighted by Crippen LogP contribution is 2.35. The van der Waals surface area contributed by atoms with Crippen LogP contribution in [0.3, 0.4) is 0 Å². The SMILES string of the molecule is CN=C(NCc1cccc(CS(=O)(=O)NC)c1)NCC1(N2CCCCC2)CCCCC1. The van der Waals surface area contributed by atoms with Crippen molar-refractivity contribution in [3.63, 3.8) is 0 Å². The predicted molar refractivity (Wildman–Crippen MR) is 128 cm³/mol. The van der Waals surface area contributed by atoms with Gasteiger partial charge in [-0.3, -0.25) is 9.89 Å². The lowest BCUT2D eigenvalue weighted by Gasteiger charge is -2.48. The Balaban J connectivity index is 1.57. The summed E-state index contributed by atoms with van der Waals surface area (Å²) in [5.41, 5.74) is 2.07. The van der Waals surface area contributed by atoms with Crippen LogP contribution in [0.4, 0.5) is 0 Å². The largest absolute Gasteiger partial charge is 0.355 e. The molecule has 1 aromatic carbocycles. The maximum Gasteiger partial charge on any atom is 0.215 e. The Kier molecular flexibility index (Phi) is 8.75. The topological polar surface area (TPSA) is 85.8 Å². The Morgan fingerprint density at radius 2 is 1.71 bits per heavy atom. The summed E-state index contributed by atoms with van der Waals surface area (Å²) in [7, 11) is -0.0260. The van der Waals surface area contributed by atoms with E-state index in [0.717, 1.165) is 23.6 Å². The summed E-state index contributed by atoms with van der Waals surface area (Å²) in [6.45, 7) is 3.96. The number of rotatable bonds is 8. The average Bonchev–Trinajstić information content (AvgIpc) is 2.80. The van der Waals surface area contributed by atoms with Crippen molar-refractivity contribution in [3.05, 3.63) is 35.4 Å². The number of guanidine groups is 1. The zero-order valence-electron chi connectivity index (χ0n) is 19.1. The van der Waals surface area contributed by atoms with E-state index in [1.807, 2.05) is 24.3 Å². The fourth-order valence-electron chi connectivity index (χ4n) is 4.96. The molecule has 8 heteroatoms. The molecule has 1 heterocycles. The van der Waals surface area contributed by atoms with Gasteiger partial charge in [-0.25, -0.2) is 13.1 Å². The molecule has 3 rings (SSSR count). The second-order valence-corrected chi connectivity index (χ2v) is 10.8. The molecule has 1 saturated carbocycles. The Bertz CT molecular complexity index is 828. The Hall–Kier alpha value is -1.64. The molecule has 0 unspecified atom stereocenters. The fourth-order valence-corrected chi connectivity index (χ4v) is 5.72. The number of likely N-dealkylation sites (tertiary alicyclic amines) is 1. The summed E-state index contributed by atoms with van der Waals surface area (Å²) in [6, 6.07) is 7.69. The molecule has 0 atom stereocenters. The van der Waals surface area contributed by atoms with Gasteiger partial charge in [-0.15, -0.1) is 0 Å². The Morgan fingerprint density at radius 3 is 2.39 bits per heavy atom. The maximum atomic E-state index is 11.8. The highest BCUT2D eigenvalue weighted by molar-refractivity contribution is 7.88. The van der Waals surface area contributed by atoms with E-state index >= 15 is 0 Å². The van der Waals surface area contributed by atoms with E-state index in [4.69, 9.17) is 0 Å². The highest BCUT2D eigenvalue weighted by Gasteiger charge is 2.38. The smallest absolute Gasteiger partial charge is 0.215 e. The van der Waals surface area contributed by atoms with Crippen LogP contribution in [0.2, 0.25) is 0 Å². The van der Waals surface area contributed by atoms with Gasteiger partial charge in [0.15, 0.2) is 5.96 Å². The quantitative estimate of drug-likeness (QED) is 0.420. The first kappa shape index (κ1) is 24.0. The number of hydrogen-bond donors (Lipinski definition) is 3. The molecule has 31 heavy (non-hydrogen) atoms. The summed E-state index contributed by atoms with van der Waals surface area (Å²) in [6.07, 6.45) is 10.5. The van der Waals surface area contributed by atoms with E-state index in [-0.39, 0.29) is 11.3 Å². The van der Waals surface area contributed by atoms with Crippen LogP contribution in [0.1, 0.15) is 62.5 Å². The van der Waals surface area contributed by atoms with Crippen LogP contribution < -0.4 is 15.4 Å². The standard InChI is InChI=1S/C23H39N5O2S/c1-24-22(26-17-20-10-9-11-21(16-20)18-31(29,30)25-2)27-19-23(12-5-3-6-13-23)28-14-7-4-8-15-28/h9-11,16,25H,3-8,12-15,17-19H2,1-2H3,(H2,24,26,27). The lowest BCUT2D eigenvalue weighted by Crippen LogP contribution is -2.59. The predicted octanol–water partition coefficient (Wildman–Crippen LogP) is 2.59. The van der Waals surface area contributed by atoms with Crippen molar-refractivity contribution in [1.82, 2.24) is 20.3 Å². The van der Waals surface area contributed by atoms with Gasteiger partial charge in [0, 0.05) is 25.7 Å². The summed E-state index contributed by atoms with van der Waals surface area (Å²) in [4.78, 5) is 7.17. The minimum absolute atomic E-state index is 0.0112. The third-order valence-electron chi connectivity index (χ3n) is 6.74. The molecule has 0 bridgehead atoms. The lowest BCUT2D eigenvalue weighted by molar-refractivity contribution is 0.0368. The number of sulfonamides is 1. The Morgan fingerprint density at radius 1 is 1.03 bits per heavy atom. The molecule has 1 saturated heterocycles. The molecule has 2 aliphatic rings. The summed E-state index contributed by atoms with van der Waals surface area (Å²) in [5, 5.41) is 7.01. The van der Waals surface area contributed by atoms with Gasteiger partial charge < -0.3 is 10.6 Å². The lowest BCUT2D eigenvalue weighted by atomic mass is 9.79. The van der Waals surface area contributed by atoms with Gasteiger partial charge in [0.25, 0.3) is 0 Å². The van der Waals surface area contributed by atoms with Crippen molar-refractivity contribution < 1.29 is 8.42 Å². The first-order chi connectivity index (χ1) is 15.0. The summed E-state index contributed by atoms with van der Waals surface area (Å²) >= 11 is 0. The molecule has 7 nitrogen and oxygen atoms in total. The minimum atomic E-state index is -3.28. The van der Waals surface area contributed by atoms with Crippen LogP contribution in [-0.2, 0) is 22.3 Å². The normalized spacial score (nSPS) is 20.4. The van der Waals surface area contributed by atoms with Gasteiger partial charge in [-0.1, -0.05) is 49.9 Å². The van der Waals surface area contributed by atoms with Crippen molar-refractivity contribution in [2.24, 2.45) is 4.99 Å². The van der Waals surface area contributed by atoms with Crippen molar-refractivity contribution in [2.75, 3.05) is 33.7 Å². The number of piperidine rings is 1. The zero-order valence-corrected chi connectivity index (χ0v) is 19.9. The molecular formula is C23H39N5O2S. The molecule has 1 aliphatic carbocycles. The number of hydrogen-bond acceptors (Lipinski definition) is 4. The van der Waals surface area contributed by atoms with Crippen LogP contribution >= 0.6 is 0 Å². The van der Waals surface area contributed by atoms with Crippen LogP contribution in [-0.4, -0.2) is 58.5 Å². The van der Waals surface area contributed by atoms with Crippen molar-refractivity contribution in [2.45, 2.75) is 69.2 Å². The van der Waals surface area contributed by atoms with Crippen molar-refractivity contribution >= 4 is 16.0 Å². The van der Waals surface area contributed by atoms with Gasteiger partial charge in [0.1, 0.15) is 0 Å². The van der Waals surface area contributed by atoms with Crippen LogP contribution in [0, 0.1) is 0 Å². The van der Waals surface area contributed by atoms with Gasteiger partial charge in [0.05, 0.1) is 5.75 Å². The molecule has 0 amide bonds. The zero-order chi connectivity index (χ0) is 22.2. The number of benzene rings is 1. The maximum absolute atomic E-state index is 11.8. The molecule has 1 aliphatic heterocycles. The monoisotopic (exact) mass is 449 g/mol. The third kappa shape index (κ3) is 6.92. The first-order valence-electron chi connectivity index (χ1n) is 11.6. The molecule has 2 fully saturated rings. The average molecular weight is 450 g/mol. The molecule has 3 N–H and O–H groups in total. The number of aliphatic imine (C=N–C) groups is 1. The Labute approximate surface area is 188 Å². The van der Waals surface area contributed by atoms with Crippen LogP contribution in [0.15, 0.2) is 29.3 Å². The van der Waals surface area contributed by atoms with Crippen LogP contribution in [0.5, 0.6) is 0 Å². The van der Waals surface area contributed by atoms with Crippen molar-refractivity contribution in [3.8, 4) is 0 Å². The van der Waals surface area contributed by atoms with E-state index in [2.05, 4.69) is 25.2 Å². The van der Waals surface area contributed by atoms with Crippen LogP contribution in [0.25, 0.3) is 0 Å². The molecular weight excluding hydrogens is 410 g/mol. The van der Waals surface area contributed by atoms with E-state index < -0.39 is 10.0 Å². The number of nitrogens with one attached hydrogen (secondary N) is 3. The van der Waals surface area contributed by atoms with Gasteiger partial charge >= 0.3 is 0 Å². The van der Waals surface area contributed by atoms with E-state index in [9.17, 15) is 8.42 Å². The molecule has 174 valence electrons. The third-order valence-corrected chi connectivity index (χ3v) is 8.07. The second kappa shape index (κ2) is 11.3. The number of nitrogens with zero attached hydrogens (tertiary/aromatic N) is 2. The van der Waals surface area contributed by atoms with E-state index in [1.54, 1.807) is 7.05 Å². The van der Waals surface area contributed by atoms with Gasteiger partial charge in [0.2, 0.25) is 10.0 Å². The van der Waals surface area contributed by atoms with Gasteiger partial charge in [-0.05, 0) is 56.9 Å². The molecule has 0 aromatic heterocycles. The highest BCUT2D eigenvalue weighted by atomic mass is 32.2. The second-order valence-electron chi connectivity index (χ2n) is 8.90. The first-order valence-corrected chi connectivity index (χ1v) is 13.3. The fraction of sp³-hybridized carbons (Fsp3) is 0.696. The van der Waals surface area contributed by atoms with Gasteiger partial charge in [-0.2, -0.15) is 0 Å². The van der Waals surface area contributed by atoms with E-state index in [1.165, 1.54) is 71.5 Å². The summed E-state index contributed by atoms with van der Waals surface area (Å²) in [5.74, 6) is 0.790.